The lowest BCUT2D eigenvalue weighted by atomic mass is 10.4. The van der Waals surface area contributed by atoms with Gasteiger partial charge in [-0.1, -0.05) is 5.16 Å². The van der Waals surface area contributed by atoms with Gasteiger partial charge in [-0.25, -0.2) is 0 Å². The van der Waals surface area contributed by atoms with E-state index in [-0.39, 0.29) is 5.56 Å². The highest BCUT2D eigenvalue weighted by Crippen LogP contribution is 1.99. The number of hydrogen-bond donors (Lipinski definition) is 0. The van der Waals surface area contributed by atoms with E-state index in [0.29, 0.717) is 0 Å². The summed E-state index contributed by atoms with van der Waals surface area (Å²) in [6, 6.07) is 0. The van der Waals surface area contributed by atoms with Crippen molar-refractivity contribution in [1.29, 1.82) is 0 Å². The smallest absolute Gasteiger partial charge is 0.257 e. The molecule has 1 rings (SSSR count). The van der Waals surface area contributed by atoms with Crippen LogP contribution in [0, 0.1) is 0 Å². The first kappa shape index (κ1) is 5.31. The number of carbonyl (C=O) groups is 1. The van der Waals surface area contributed by atoms with Gasteiger partial charge in [-0.3, -0.25) is 4.79 Å². The Bertz CT molecular complexity index is 182. The second kappa shape index (κ2) is 1.96. The summed E-state index contributed by atoms with van der Waals surface area (Å²) in [5.41, 5.74) is 0.284. The first-order valence-electron chi connectivity index (χ1n) is 1.90. The second-order valence-electron chi connectivity index (χ2n) is 1.19. The van der Waals surface area contributed by atoms with E-state index in [0.717, 1.165) is 0 Å². The van der Waals surface area contributed by atoms with Crippen LogP contribution in [-0.2, 0) is 0 Å². The topological polar surface area (TPSA) is 43.1 Å². The molecule has 8 heavy (non-hydrogen) atoms. The first-order valence-corrected chi connectivity index (χ1v) is 2.27. The molecule has 0 aliphatic heterocycles. The van der Waals surface area contributed by atoms with Crippen molar-refractivity contribution in [2.24, 2.45) is 0 Å². The fourth-order valence-corrected chi connectivity index (χ4v) is 0.395. The highest BCUT2D eigenvalue weighted by molar-refractivity contribution is 6.67. The van der Waals surface area contributed by atoms with E-state index < -0.39 is 5.24 Å². The minimum Gasteiger partial charge on any atom is -0.364 e. The summed E-state index contributed by atoms with van der Waals surface area (Å²) in [5.74, 6) is 0. The average molecular weight is 132 g/mol. The number of nitrogens with zero attached hydrogens (tertiary/aromatic N) is 1. The van der Waals surface area contributed by atoms with Gasteiger partial charge in [0.25, 0.3) is 5.24 Å². The molecule has 0 aliphatic carbocycles. The van der Waals surface area contributed by atoms with Crippen LogP contribution in [0.1, 0.15) is 10.4 Å². The maximum atomic E-state index is 10.2. The SMILES string of the molecule is O=C(Cl)c1cnoc1. The Kier molecular flexibility index (Phi) is 1.30. The molecule has 0 saturated carbocycles. The zero-order valence-electron chi connectivity index (χ0n) is 3.80. The molecule has 0 radical (unpaired) electrons. The molecule has 0 N–H and O–H groups in total. The molecule has 0 saturated heterocycles. The van der Waals surface area contributed by atoms with Gasteiger partial charge in [0, 0.05) is 0 Å². The minimum atomic E-state index is -0.550. The Morgan fingerprint density at radius 1 is 1.88 bits per heavy atom. The van der Waals surface area contributed by atoms with Gasteiger partial charge >= 0.3 is 0 Å². The zero-order valence-corrected chi connectivity index (χ0v) is 4.55. The molecule has 1 aromatic rings. The maximum absolute atomic E-state index is 10.2. The van der Waals surface area contributed by atoms with Gasteiger partial charge in [-0.05, 0) is 11.6 Å². The highest BCUT2D eigenvalue weighted by Gasteiger charge is 2.00. The summed E-state index contributed by atoms with van der Waals surface area (Å²) >= 11 is 5.01. The third-order valence-corrected chi connectivity index (χ3v) is 0.877. The fourth-order valence-electron chi connectivity index (χ4n) is 0.302. The van der Waals surface area contributed by atoms with Crippen molar-refractivity contribution >= 4 is 16.8 Å². The molecular weight excluding hydrogens is 130 g/mol. The van der Waals surface area contributed by atoms with E-state index in [1.54, 1.807) is 0 Å². The van der Waals surface area contributed by atoms with E-state index in [4.69, 9.17) is 11.6 Å². The molecule has 0 aliphatic rings. The first-order chi connectivity index (χ1) is 3.80. The standard InChI is InChI=1S/C4H2ClNO2/c5-4(7)3-1-6-8-2-3/h1-2H. The Balaban J connectivity index is 2.93. The van der Waals surface area contributed by atoms with Crippen molar-refractivity contribution < 1.29 is 9.32 Å². The third kappa shape index (κ3) is 0.869. The lowest BCUT2D eigenvalue weighted by Crippen LogP contribution is -1.81. The summed E-state index contributed by atoms with van der Waals surface area (Å²) in [7, 11) is 0. The van der Waals surface area contributed by atoms with Crippen molar-refractivity contribution in [2.45, 2.75) is 0 Å². The van der Waals surface area contributed by atoms with Crippen LogP contribution in [0.2, 0.25) is 0 Å². The molecule has 42 valence electrons. The molecule has 3 nitrogen and oxygen atoms in total. The number of carbonyl (C=O) groups excluding carboxylic acids is 1. The van der Waals surface area contributed by atoms with Crippen molar-refractivity contribution in [3.05, 3.63) is 18.0 Å². The highest BCUT2D eigenvalue weighted by atomic mass is 35.5. The quantitative estimate of drug-likeness (QED) is 0.535. The molecule has 0 amide bonds. The van der Waals surface area contributed by atoms with E-state index in [1.807, 2.05) is 0 Å². The zero-order chi connectivity index (χ0) is 5.98. The van der Waals surface area contributed by atoms with E-state index >= 15 is 0 Å². The van der Waals surface area contributed by atoms with Gasteiger partial charge in [0.15, 0.2) is 0 Å². The van der Waals surface area contributed by atoms with Gasteiger partial charge in [0.1, 0.15) is 6.26 Å². The number of hydrogen-bond acceptors (Lipinski definition) is 3. The Hall–Kier alpha value is -0.830. The average Bonchev–Trinajstić information content (AvgIpc) is 2.12. The Morgan fingerprint density at radius 3 is 2.88 bits per heavy atom. The third-order valence-electron chi connectivity index (χ3n) is 0.659. The largest absolute Gasteiger partial charge is 0.364 e. The summed E-state index contributed by atoms with van der Waals surface area (Å²) in [6.45, 7) is 0. The molecule has 0 fully saturated rings. The van der Waals surface area contributed by atoms with Gasteiger partial charge in [0.2, 0.25) is 0 Å². The minimum absolute atomic E-state index is 0.284. The molecule has 0 spiro atoms. The van der Waals surface area contributed by atoms with Gasteiger partial charge in [0.05, 0.1) is 11.8 Å². The molecule has 0 atom stereocenters. The Labute approximate surface area is 50.2 Å². The van der Waals surface area contributed by atoms with Crippen LogP contribution >= 0.6 is 11.6 Å². The normalized spacial score (nSPS) is 9.12. The molecular formula is C4H2ClNO2. The summed E-state index contributed by atoms with van der Waals surface area (Å²) in [6.07, 6.45) is 2.45. The van der Waals surface area contributed by atoms with Crippen LogP contribution in [0.5, 0.6) is 0 Å². The van der Waals surface area contributed by atoms with Crippen LogP contribution in [0.15, 0.2) is 17.0 Å². The summed E-state index contributed by atoms with van der Waals surface area (Å²) < 4.78 is 4.32. The van der Waals surface area contributed by atoms with Crippen molar-refractivity contribution in [3.63, 3.8) is 0 Å². The van der Waals surface area contributed by atoms with Crippen LogP contribution < -0.4 is 0 Å². The number of halogens is 1. The van der Waals surface area contributed by atoms with Crippen molar-refractivity contribution in [1.82, 2.24) is 5.16 Å². The van der Waals surface area contributed by atoms with E-state index in [9.17, 15) is 4.79 Å². The lowest BCUT2D eigenvalue weighted by molar-refractivity contribution is 0.108. The monoisotopic (exact) mass is 131 g/mol. The molecule has 0 unspecified atom stereocenters. The lowest BCUT2D eigenvalue weighted by Gasteiger charge is -1.73. The predicted octanol–water partition coefficient (Wildman–Crippen LogP) is 1.05. The molecule has 0 bridgehead atoms. The summed E-state index contributed by atoms with van der Waals surface area (Å²) in [4.78, 5) is 10.2. The number of aromatic nitrogens is 1. The van der Waals surface area contributed by atoms with Crippen molar-refractivity contribution in [2.75, 3.05) is 0 Å². The second-order valence-corrected chi connectivity index (χ2v) is 1.53. The summed E-state index contributed by atoms with van der Waals surface area (Å²) in [5, 5.41) is 2.71. The molecule has 1 heterocycles. The van der Waals surface area contributed by atoms with E-state index in [1.165, 1.54) is 12.5 Å². The van der Waals surface area contributed by atoms with Gasteiger partial charge < -0.3 is 4.52 Å². The van der Waals surface area contributed by atoms with Crippen molar-refractivity contribution in [3.8, 4) is 0 Å². The Morgan fingerprint density at radius 2 is 2.62 bits per heavy atom. The van der Waals surface area contributed by atoms with Crippen LogP contribution in [0.3, 0.4) is 0 Å². The molecule has 0 aromatic carbocycles. The molecule has 1 aromatic heterocycles. The molecule has 4 heteroatoms. The predicted molar refractivity (Wildman–Crippen MR) is 26.7 cm³/mol. The van der Waals surface area contributed by atoms with Crippen LogP contribution in [0.4, 0.5) is 0 Å². The van der Waals surface area contributed by atoms with Crippen LogP contribution in [0.25, 0.3) is 0 Å². The maximum Gasteiger partial charge on any atom is 0.257 e. The van der Waals surface area contributed by atoms with Gasteiger partial charge in [-0.2, -0.15) is 0 Å². The van der Waals surface area contributed by atoms with E-state index in [2.05, 4.69) is 9.68 Å². The fraction of sp³-hybridized carbons (Fsp3) is 0. The van der Waals surface area contributed by atoms with Gasteiger partial charge in [-0.15, -0.1) is 0 Å². The number of rotatable bonds is 1. The van der Waals surface area contributed by atoms with Crippen LogP contribution in [-0.4, -0.2) is 10.4 Å².